The lowest BCUT2D eigenvalue weighted by Gasteiger charge is -2.36. The lowest BCUT2D eigenvalue weighted by molar-refractivity contribution is 0.138. The van der Waals surface area contributed by atoms with Gasteiger partial charge in [-0.15, -0.1) is 0 Å². The van der Waals surface area contributed by atoms with Gasteiger partial charge in [-0.05, 0) is 32.9 Å². The summed E-state index contributed by atoms with van der Waals surface area (Å²) in [4.78, 5) is 2.47. The molecule has 1 saturated heterocycles. The summed E-state index contributed by atoms with van der Waals surface area (Å²) in [6.45, 7) is 4.29. The predicted molar refractivity (Wildman–Crippen MR) is 58.0 cm³/mol. The molecule has 1 aliphatic heterocycles. The van der Waals surface area contributed by atoms with E-state index < -0.39 is 0 Å². The maximum absolute atomic E-state index is 8.88. The van der Waals surface area contributed by atoms with Gasteiger partial charge in [0.25, 0.3) is 0 Å². The normalized spacial score (nSPS) is 25.6. The number of piperidine rings is 1. The Morgan fingerprint density at radius 3 is 2.93 bits per heavy atom. The van der Waals surface area contributed by atoms with E-state index in [2.05, 4.69) is 23.2 Å². The van der Waals surface area contributed by atoms with Gasteiger partial charge in [-0.2, -0.15) is 5.26 Å². The van der Waals surface area contributed by atoms with Crippen LogP contribution in [0.1, 0.15) is 32.6 Å². The van der Waals surface area contributed by atoms with Crippen molar-refractivity contribution in [2.75, 3.05) is 20.1 Å². The first-order valence-electron chi connectivity index (χ1n) is 5.62. The van der Waals surface area contributed by atoms with Gasteiger partial charge in [0.2, 0.25) is 0 Å². The Morgan fingerprint density at radius 2 is 2.36 bits per heavy atom. The highest BCUT2D eigenvalue weighted by Gasteiger charge is 2.22. The number of hydrogen-bond acceptors (Lipinski definition) is 3. The Bertz CT molecular complexity index is 197. The standard InChI is InChI=1S/C11H21N3/c1-3-11-6-4-5-7-14(11)9-10(8-12)13-2/h10-11,13H,3-7,9H2,1-2H3. The van der Waals surface area contributed by atoms with E-state index in [9.17, 15) is 0 Å². The van der Waals surface area contributed by atoms with E-state index in [0.717, 1.165) is 6.54 Å². The van der Waals surface area contributed by atoms with Crippen LogP contribution in [0.15, 0.2) is 0 Å². The zero-order valence-corrected chi connectivity index (χ0v) is 9.29. The monoisotopic (exact) mass is 195 g/mol. The summed E-state index contributed by atoms with van der Waals surface area (Å²) in [6.07, 6.45) is 5.16. The number of nitriles is 1. The quantitative estimate of drug-likeness (QED) is 0.736. The van der Waals surface area contributed by atoms with E-state index in [0.29, 0.717) is 6.04 Å². The molecule has 3 heteroatoms. The summed E-state index contributed by atoms with van der Waals surface area (Å²) < 4.78 is 0. The highest BCUT2D eigenvalue weighted by atomic mass is 15.2. The number of nitrogens with one attached hydrogen (secondary N) is 1. The van der Waals surface area contributed by atoms with Crippen LogP contribution in [0.3, 0.4) is 0 Å². The van der Waals surface area contributed by atoms with Crippen molar-refractivity contribution in [2.45, 2.75) is 44.7 Å². The Balaban J connectivity index is 2.44. The van der Waals surface area contributed by atoms with Crippen molar-refractivity contribution in [3.8, 4) is 6.07 Å². The number of hydrogen-bond donors (Lipinski definition) is 1. The first-order chi connectivity index (χ1) is 6.81. The average molecular weight is 195 g/mol. The molecule has 0 aromatic carbocycles. The van der Waals surface area contributed by atoms with Crippen molar-refractivity contribution in [3.63, 3.8) is 0 Å². The van der Waals surface area contributed by atoms with Gasteiger partial charge in [-0.25, -0.2) is 0 Å². The molecular formula is C11H21N3. The largest absolute Gasteiger partial charge is 0.304 e. The van der Waals surface area contributed by atoms with Gasteiger partial charge < -0.3 is 5.32 Å². The molecule has 0 aliphatic carbocycles. The number of likely N-dealkylation sites (tertiary alicyclic amines) is 1. The fraction of sp³-hybridized carbons (Fsp3) is 0.909. The summed E-state index contributed by atoms with van der Waals surface area (Å²) in [7, 11) is 1.86. The molecule has 1 aliphatic rings. The average Bonchev–Trinajstić information content (AvgIpc) is 2.26. The van der Waals surface area contributed by atoms with Gasteiger partial charge in [0.1, 0.15) is 6.04 Å². The Labute approximate surface area is 87.1 Å². The highest BCUT2D eigenvalue weighted by Crippen LogP contribution is 2.19. The summed E-state index contributed by atoms with van der Waals surface area (Å²) in [6, 6.07) is 2.98. The minimum absolute atomic E-state index is 0.0119. The van der Waals surface area contributed by atoms with Crippen molar-refractivity contribution in [1.82, 2.24) is 10.2 Å². The van der Waals surface area contributed by atoms with Gasteiger partial charge in [0.05, 0.1) is 6.07 Å². The van der Waals surface area contributed by atoms with Crippen LogP contribution in [-0.2, 0) is 0 Å². The third-order valence-electron chi connectivity index (χ3n) is 3.14. The SMILES string of the molecule is CCC1CCCCN1CC(C#N)NC. The van der Waals surface area contributed by atoms with Gasteiger partial charge in [-0.3, -0.25) is 4.90 Å². The Morgan fingerprint density at radius 1 is 1.57 bits per heavy atom. The number of nitrogens with zero attached hydrogens (tertiary/aromatic N) is 2. The summed E-state index contributed by atoms with van der Waals surface area (Å²) in [5.74, 6) is 0. The number of likely N-dealkylation sites (N-methyl/N-ethyl adjacent to an activating group) is 1. The first-order valence-corrected chi connectivity index (χ1v) is 5.62. The zero-order valence-electron chi connectivity index (χ0n) is 9.29. The first kappa shape index (κ1) is 11.5. The summed E-state index contributed by atoms with van der Waals surface area (Å²) in [5, 5.41) is 11.9. The van der Waals surface area contributed by atoms with Gasteiger partial charge in [0.15, 0.2) is 0 Å². The molecule has 1 rings (SSSR count). The highest BCUT2D eigenvalue weighted by molar-refractivity contribution is 4.92. The molecule has 0 amide bonds. The van der Waals surface area contributed by atoms with Crippen molar-refractivity contribution < 1.29 is 0 Å². The van der Waals surface area contributed by atoms with Gasteiger partial charge >= 0.3 is 0 Å². The zero-order chi connectivity index (χ0) is 10.4. The van der Waals surface area contributed by atoms with E-state index >= 15 is 0 Å². The molecule has 80 valence electrons. The van der Waals surface area contributed by atoms with Crippen molar-refractivity contribution in [1.29, 1.82) is 5.26 Å². The van der Waals surface area contributed by atoms with E-state index in [1.165, 1.54) is 32.2 Å². The van der Waals surface area contributed by atoms with E-state index in [-0.39, 0.29) is 6.04 Å². The molecule has 1 fully saturated rings. The van der Waals surface area contributed by atoms with Gasteiger partial charge in [-0.1, -0.05) is 13.3 Å². The minimum atomic E-state index is -0.0119. The van der Waals surface area contributed by atoms with Crippen LogP contribution in [-0.4, -0.2) is 37.1 Å². The number of rotatable bonds is 4. The summed E-state index contributed by atoms with van der Waals surface area (Å²) in [5.41, 5.74) is 0. The fourth-order valence-electron chi connectivity index (χ4n) is 2.19. The lowest BCUT2D eigenvalue weighted by atomic mass is 9.99. The van der Waals surface area contributed by atoms with Crippen LogP contribution in [0.5, 0.6) is 0 Å². The molecule has 0 saturated carbocycles. The Hall–Kier alpha value is -0.590. The third kappa shape index (κ3) is 2.97. The van der Waals surface area contributed by atoms with Crippen LogP contribution in [0.25, 0.3) is 0 Å². The molecule has 1 heterocycles. The lowest BCUT2D eigenvalue weighted by Crippen LogP contribution is -2.46. The van der Waals surface area contributed by atoms with Crippen LogP contribution in [0.2, 0.25) is 0 Å². The molecular weight excluding hydrogens is 174 g/mol. The van der Waals surface area contributed by atoms with Crippen LogP contribution in [0, 0.1) is 11.3 Å². The second-order valence-corrected chi connectivity index (χ2v) is 4.02. The van der Waals surface area contributed by atoms with Crippen molar-refractivity contribution in [2.24, 2.45) is 0 Å². The molecule has 2 atom stereocenters. The van der Waals surface area contributed by atoms with E-state index in [1.807, 2.05) is 7.05 Å². The molecule has 0 bridgehead atoms. The molecule has 0 spiro atoms. The summed E-state index contributed by atoms with van der Waals surface area (Å²) >= 11 is 0. The fourth-order valence-corrected chi connectivity index (χ4v) is 2.19. The molecule has 2 unspecified atom stereocenters. The van der Waals surface area contributed by atoms with Crippen LogP contribution < -0.4 is 5.32 Å². The minimum Gasteiger partial charge on any atom is -0.304 e. The molecule has 1 N–H and O–H groups in total. The second kappa shape index (κ2) is 6.00. The maximum atomic E-state index is 8.88. The van der Waals surface area contributed by atoms with E-state index in [1.54, 1.807) is 0 Å². The van der Waals surface area contributed by atoms with Crippen LogP contribution >= 0.6 is 0 Å². The van der Waals surface area contributed by atoms with E-state index in [4.69, 9.17) is 5.26 Å². The molecule has 3 nitrogen and oxygen atoms in total. The third-order valence-corrected chi connectivity index (χ3v) is 3.14. The van der Waals surface area contributed by atoms with Crippen LogP contribution in [0.4, 0.5) is 0 Å². The maximum Gasteiger partial charge on any atom is 0.108 e. The molecule has 0 radical (unpaired) electrons. The molecule has 0 aromatic heterocycles. The molecule has 14 heavy (non-hydrogen) atoms. The van der Waals surface area contributed by atoms with Gasteiger partial charge in [0, 0.05) is 12.6 Å². The topological polar surface area (TPSA) is 39.1 Å². The van der Waals surface area contributed by atoms with Crippen molar-refractivity contribution >= 4 is 0 Å². The Kier molecular flexibility index (Phi) is 4.92. The predicted octanol–water partition coefficient (Wildman–Crippen LogP) is 1.36. The van der Waals surface area contributed by atoms with Crippen molar-refractivity contribution in [3.05, 3.63) is 0 Å². The molecule has 0 aromatic rings. The smallest absolute Gasteiger partial charge is 0.108 e. The second-order valence-electron chi connectivity index (χ2n) is 4.02.